The van der Waals surface area contributed by atoms with Gasteiger partial charge in [-0.25, -0.2) is 12.7 Å². The zero-order valence-electron chi connectivity index (χ0n) is 20.5. The maximum absolute atomic E-state index is 13.1. The molecular weight excluding hydrogens is 500 g/mol. The van der Waals surface area contributed by atoms with E-state index in [1.807, 2.05) is 24.3 Å². The summed E-state index contributed by atoms with van der Waals surface area (Å²) in [7, 11) is -3.30. The van der Waals surface area contributed by atoms with Crippen molar-refractivity contribution in [1.82, 2.24) is 20.1 Å². The van der Waals surface area contributed by atoms with Crippen LogP contribution in [0.3, 0.4) is 0 Å². The highest BCUT2D eigenvalue weighted by Crippen LogP contribution is 2.40. The Morgan fingerprint density at radius 2 is 1.69 bits per heavy atom. The molecule has 0 unspecified atom stereocenters. The van der Waals surface area contributed by atoms with Crippen molar-refractivity contribution in [3.8, 4) is 0 Å². The Hall–Kier alpha value is -1.94. The molecule has 5 rings (SSSR count). The number of amides is 1. The number of aromatic nitrogens is 1. The lowest BCUT2D eigenvalue weighted by atomic mass is 9.87. The molecule has 2 saturated carbocycles. The van der Waals surface area contributed by atoms with Gasteiger partial charge in [-0.2, -0.15) is 0 Å². The van der Waals surface area contributed by atoms with E-state index < -0.39 is 10.0 Å². The number of carbonyl (C=O) groups excluding carboxylic acids is 1. The van der Waals surface area contributed by atoms with Gasteiger partial charge < -0.3 is 15.2 Å². The van der Waals surface area contributed by atoms with Crippen LogP contribution in [0.1, 0.15) is 79.1 Å². The molecule has 1 aromatic heterocycles. The summed E-state index contributed by atoms with van der Waals surface area (Å²) in [6.45, 7) is 1.68. The van der Waals surface area contributed by atoms with Crippen LogP contribution in [0, 0.1) is 5.92 Å². The smallest absolute Gasteiger partial charge is 0.273 e. The predicted molar refractivity (Wildman–Crippen MR) is 138 cm³/mol. The van der Waals surface area contributed by atoms with Crippen LogP contribution in [0.2, 0.25) is 5.02 Å². The van der Waals surface area contributed by atoms with Crippen molar-refractivity contribution in [2.45, 2.75) is 75.9 Å². The Morgan fingerprint density at radius 3 is 2.36 bits per heavy atom. The number of hydrogen-bond acceptors (Lipinski definition) is 6. The monoisotopic (exact) mass is 534 g/mol. The first-order valence-corrected chi connectivity index (χ1v) is 15.1. The van der Waals surface area contributed by atoms with E-state index in [1.165, 1.54) is 5.56 Å². The van der Waals surface area contributed by atoms with E-state index in [1.54, 1.807) is 10.4 Å². The van der Waals surface area contributed by atoms with Gasteiger partial charge in [0.15, 0.2) is 5.69 Å². The molecule has 0 bridgehead atoms. The van der Waals surface area contributed by atoms with Crippen LogP contribution in [0.15, 0.2) is 34.9 Å². The summed E-state index contributed by atoms with van der Waals surface area (Å²) in [4.78, 5) is 12.5. The van der Waals surface area contributed by atoms with Gasteiger partial charge in [0.2, 0.25) is 10.0 Å². The standard InChI is InChI=1S/C26H35ClN4O4S/c27-21-7-1-18(2-8-21)16-28-22-9-3-19(4-10-22)17-36(33,34)31-13-11-23(12-14-31)29-26(32)24-15-25(35-30-24)20-5-6-20/h1-2,7-8,15,19-20,22-23,28H,3-6,9-14,16-17H2,(H,29,32). The number of halogens is 1. The third-order valence-corrected chi connectivity index (χ3v) is 10.0. The minimum Gasteiger partial charge on any atom is -0.360 e. The molecule has 2 N–H and O–H groups in total. The highest BCUT2D eigenvalue weighted by atomic mass is 35.5. The van der Waals surface area contributed by atoms with Crippen molar-refractivity contribution in [1.29, 1.82) is 0 Å². The normalized spacial score (nSPS) is 24.0. The summed E-state index contributed by atoms with van der Waals surface area (Å²) in [5, 5.41) is 11.2. The van der Waals surface area contributed by atoms with Crippen molar-refractivity contribution < 1.29 is 17.7 Å². The number of hydrogen-bond donors (Lipinski definition) is 2. The van der Waals surface area contributed by atoms with Gasteiger partial charge in [0, 0.05) is 48.7 Å². The summed E-state index contributed by atoms with van der Waals surface area (Å²) in [5.74, 6) is 1.37. The number of nitrogens with zero attached hydrogens (tertiary/aromatic N) is 2. The molecule has 3 aliphatic rings. The maximum Gasteiger partial charge on any atom is 0.273 e. The molecule has 10 heteroatoms. The largest absolute Gasteiger partial charge is 0.360 e. The first kappa shape index (κ1) is 25.7. The molecule has 196 valence electrons. The molecule has 1 amide bonds. The Labute approximate surface area is 218 Å². The van der Waals surface area contributed by atoms with Crippen molar-refractivity contribution in [3.05, 3.63) is 52.4 Å². The minimum atomic E-state index is -3.30. The molecule has 2 aromatic rings. The average Bonchev–Trinajstić information content (AvgIpc) is 3.60. The number of rotatable bonds is 9. The molecule has 36 heavy (non-hydrogen) atoms. The van der Waals surface area contributed by atoms with Crippen LogP contribution < -0.4 is 10.6 Å². The molecule has 8 nitrogen and oxygen atoms in total. The van der Waals surface area contributed by atoms with Gasteiger partial charge in [-0.1, -0.05) is 28.9 Å². The summed E-state index contributed by atoms with van der Waals surface area (Å²) in [6.07, 6.45) is 7.23. The highest BCUT2D eigenvalue weighted by Gasteiger charge is 2.33. The first-order valence-electron chi connectivity index (χ1n) is 13.1. The van der Waals surface area contributed by atoms with Crippen molar-refractivity contribution in [2.24, 2.45) is 5.92 Å². The quantitative estimate of drug-likeness (QED) is 0.502. The van der Waals surface area contributed by atoms with E-state index in [4.69, 9.17) is 16.1 Å². The second-order valence-corrected chi connectivity index (χ2v) is 13.0. The van der Waals surface area contributed by atoms with Crippen LogP contribution in [-0.4, -0.2) is 54.7 Å². The fourth-order valence-corrected chi connectivity index (χ4v) is 7.33. The number of benzene rings is 1. The zero-order chi connectivity index (χ0) is 25.1. The molecule has 0 atom stereocenters. The van der Waals surface area contributed by atoms with Crippen LogP contribution in [0.5, 0.6) is 0 Å². The Kier molecular flexibility index (Phi) is 8.00. The van der Waals surface area contributed by atoms with E-state index in [9.17, 15) is 13.2 Å². The predicted octanol–water partition coefficient (Wildman–Crippen LogP) is 4.08. The number of nitrogens with one attached hydrogen (secondary N) is 2. The molecule has 1 aliphatic heterocycles. The van der Waals surface area contributed by atoms with Gasteiger partial charge >= 0.3 is 0 Å². The van der Waals surface area contributed by atoms with Crippen LogP contribution >= 0.6 is 11.6 Å². The van der Waals surface area contributed by atoms with Crippen molar-refractivity contribution in [3.63, 3.8) is 0 Å². The molecule has 3 fully saturated rings. The molecule has 1 saturated heterocycles. The second-order valence-electron chi connectivity index (χ2n) is 10.5. The van der Waals surface area contributed by atoms with Crippen LogP contribution in [-0.2, 0) is 16.6 Å². The Bertz CT molecular complexity index is 1130. The van der Waals surface area contributed by atoms with Crippen molar-refractivity contribution >= 4 is 27.5 Å². The summed E-state index contributed by atoms with van der Waals surface area (Å²) in [6, 6.07) is 9.96. The SMILES string of the molecule is O=C(NC1CCN(S(=O)(=O)CC2CCC(NCc3ccc(Cl)cc3)CC2)CC1)c1cc(C2CC2)on1. The second kappa shape index (κ2) is 11.2. The molecule has 0 spiro atoms. The fraction of sp³-hybridized carbons (Fsp3) is 0.615. The molecule has 2 heterocycles. The third-order valence-electron chi connectivity index (χ3n) is 7.72. The fourth-order valence-electron chi connectivity index (χ4n) is 5.30. The van der Waals surface area contributed by atoms with E-state index in [0.717, 1.165) is 55.9 Å². The zero-order valence-corrected chi connectivity index (χ0v) is 22.1. The first-order chi connectivity index (χ1) is 17.4. The average molecular weight is 535 g/mol. The lowest BCUT2D eigenvalue weighted by molar-refractivity contribution is 0.0914. The number of piperidine rings is 1. The molecular formula is C26H35ClN4O4S. The van der Waals surface area contributed by atoms with Gasteiger partial charge in [0.1, 0.15) is 5.76 Å². The van der Waals surface area contributed by atoms with E-state index in [0.29, 0.717) is 43.6 Å². The van der Waals surface area contributed by atoms with Gasteiger partial charge in [-0.15, -0.1) is 0 Å². The van der Waals surface area contributed by atoms with Gasteiger partial charge in [0.05, 0.1) is 5.75 Å². The van der Waals surface area contributed by atoms with E-state index >= 15 is 0 Å². The lowest BCUT2D eigenvalue weighted by Gasteiger charge is -2.34. The molecule has 2 aliphatic carbocycles. The minimum absolute atomic E-state index is 0.0489. The molecule has 0 radical (unpaired) electrons. The Balaban J connectivity index is 1.02. The lowest BCUT2D eigenvalue weighted by Crippen LogP contribution is -2.47. The summed E-state index contributed by atoms with van der Waals surface area (Å²) < 4.78 is 33.1. The summed E-state index contributed by atoms with van der Waals surface area (Å²) in [5.41, 5.74) is 1.51. The summed E-state index contributed by atoms with van der Waals surface area (Å²) >= 11 is 5.95. The topological polar surface area (TPSA) is 105 Å². The number of sulfonamides is 1. The Morgan fingerprint density at radius 1 is 1.00 bits per heavy atom. The van der Waals surface area contributed by atoms with E-state index in [2.05, 4.69) is 15.8 Å². The third kappa shape index (κ3) is 6.68. The van der Waals surface area contributed by atoms with Crippen molar-refractivity contribution in [2.75, 3.05) is 18.8 Å². The van der Waals surface area contributed by atoms with Gasteiger partial charge in [-0.05, 0) is 75.0 Å². The highest BCUT2D eigenvalue weighted by molar-refractivity contribution is 7.89. The molecule has 1 aromatic carbocycles. The maximum atomic E-state index is 13.1. The van der Waals surface area contributed by atoms with Gasteiger partial charge in [0.25, 0.3) is 5.91 Å². The van der Waals surface area contributed by atoms with Crippen LogP contribution in [0.25, 0.3) is 0 Å². The van der Waals surface area contributed by atoms with Gasteiger partial charge in [-0.3, -0.25) is 4.79 Å². The number of carbonyl (C=O) groups is 1. The van der Waals surface area contributed by atoms with Crippen LogP contribution in [0.4, 0.5) is 0 Å². The van der Waals surface area contributed by atoms with E-state index in [-0.39, 0.29) is 23.6 Å².